The van der Waals surface area contributed by atoms with Crippen molar-refractivity contribution in [2.24, 2.45) is 0 Å². The Morgan fingerprint density at radius 2 is 1.68 bits per heavy atom. The van der Waals surface area contributed by atoms with Crippen LogP contribution >= 0.6 is 23.2 Å². The third kappa shape index (κ3) is 6.52. The normalized spacial score (nSPS) is 10.8. The number of nitrogens with one attached hydrogen (secondary N) is 2. The molecule has 10 nitrogen and oxygen atoms in total. The first-order valence-corrected chi connectivity index (χ1v) is 11.1. The van der Waals surface area contributed by atoms with Gasteiger partial charge in [0.2, 0.25) is 5.95 Å². The lowest BCUT2D eigenvalue weighted by atomic mass is 10.1. The molecule has 5 N–H and O–H groups in total. The van der Waals surface area contributed by atoms with Gasteiger partial charge in [0.15, 0.2) is 0 Å². The SMILES string of the molecule is Cc1cc(Nc2cc(NC(=O)c3c(Cl)cc(CO)cc3Cl)ccn2)nc(N(CCO)CCO)n1. The second kappa shape index (κ2) is 11.9. The highest BCUT2D eigenvalue weighted by Crippen LogP contribution is 2.28. The van der Waals surface area contributed by atoms with Gasteiger partial charge in [-0.05, 0) is 30.7 Å². The number of benzene rings is 1. The number of carbonyl (C=O) groups is 1. The highest BCUT2D eigenvalue weighted by atomic mass is 35.5. The molecule has 0 aliphatic carbocycles. The van der Waals surface area contributed by atoms with Crippen molar-refractivity contribution in [3.63, 3.8) is 0 Å². The van der Waals surface area contributed by atoms with E-state index in [-0.39, 0.29) is 48.5 Å². The number of pyridine rings is 1. The maximum Gasteiger partial charge on any atom is 0.258 e. The molecular formula is C22H24Cl2N6O4. The maximum atomic E-state index is 12.8. The van der Waals surface area contributed by atoms with E-state index in [2.05, 4.69) is 25.6 Å². The van der Waals surface area contributed by atoms with Crippen molar-refractivity contribution in [1.29, 1.82) is 0 Å². The van der Waals surface area contributed by atoms with Gasteiger partial charge in [0, 0.05) is 42.8 Å². The summed E-state index contributed by atoms with van der Waals surface area (Å²) in [5.41, 5.74) is 1.70. The molecule has 0 fully saturated rings. The van der Waals surface area contributed by atoms with Gasteiger partial charge in [-0.3, -0.25) is 4.79 Å². The minimum absolute atomic E-state index is 0.0933. The quantitative estimate of drug-likeness (QED) is 0.280. The molecule has 1 amide bonds. The first-order chi connectivity index (χ1) is 16.3. The summed E-state index contributed by atoms with van der Waals surface area (Å²) >= 11 is 12.4. The highest BCUT2D eigenvalue weighted by Gasteiger charge is 2.17. The van der Waals surface area contributed by atoms with E-state index >= 15 is 0 Å². The predicted octanol–water partition coefficient (Wildman–Crippen LogP) is 2.77. The third-order valence-corrected chi connectivity index (χ3v) is 5.25. The van der Waals surface area contributed by atoms with E-state index in [9.17, 15) is 20.1 Å². The maximum absolute atomic E-state index is 12.8. The second-order valence-corrected chi connectivity index (χ2v) is 8.04. The number of amides is 1. The predicted molar refractivity (Wildman–Crippen MR) is 131 cm³/mol. The van der Waals surface area contributed by atoms with Gasteiger partial charge >= 0.3 is 0 Å². The van der Waals surface area contributed by atoms with Crippen LogP contribution in [-0.2, 0) is 6.61 Å². The van der Waals surface area contributed by atoms with Crippen molar-refractivity contribution in [2.45, 2.75) is 13.5 Å². The van der Waals surface area contributed by atoms with Gasteiger partial charge in [0.1, 0.15) is 11.6 Å². The number of halogens is 2. The Hall–Kier alpha value is -3.02. The molecule has 12 heteroatoms. The highest BCUT2D eigenvalue weighted by molar-refractivity contribution is 6.40. The molecule has 0 aliphatic heterocycles. The number of anilines is 4. The fourth-order valence-corrected chi connectivity index (χ4v) is 3.85. The Bertz CT molecular complexity index is 1130. The summed E-state index contributed by atoms with van der Waals surface area (Å²) in [4.78, 5) is 27.5. The molecule has 0 radical (unpaired) electrons. The first kappa shape index (κ1) is 25.6. The fourth-order valence-electron chi connectivity index (χ4n) is 3.15. The Morgan fingerprint density at radius 3 is 2.29 bits per heavy atom. The van der Waals surface area contributed by atoms with Gasteiger partial charge < -0.3 is 30.9 Å². The number of nitrogens with zero attached hydrogens (tertiary/aromatic N) is 4. The summed E-state index contributed by atoms with van der Waals surface area (Å²) in [6.45, 7) is 1.87. The Labute approximate surface area is 206 Å². The molecule has 0 spiro atoms. The zero-order valence-electron chi connectivity index (χ0n) is 18.3. The fraction of sp³-hybridized carbons (Fsp3) is 0.273. The summed E-state index contributed by atoms with van der Waals surface area (Å²) in [7, 11) is 0. The van der Waals surface area contributed by atoms with Crippen LogP contribution in [0.4, 0.5) is 23.3 Å². The van der Waals surface area contributed by atoms with E-state index in [0.29, 0.717) is 34.5 Å². The number of rotatable bonds is 10. The lowest BCUT2D eigenvalue weighted by molar-refractivity contribution is 0.102. The monoisotopic (exact) mass is 506 g/mol. The van der Waals surface area contributed by atoms with Crippen molar-refractivity contribution >= 4 is 52.4 Å². The van der Waals surface area contributed by atoms with Crippen LogP contribution in [0.15, 0.2) is 36.5 Å². The number of aryl methyl sites for hydroxylation is 1. The van der Waals surface area contributed by atoms with Crippen LogP contribution in [0.1, 0.15) is 21.6 Å². The smallest absolute Gasteiger partial charge is 0.258 e. The number of aliphatic hydroxyl groups excluding tert-OH is 3. The molecule has 180 valence electrons. The zero-order valence-corrected chi connectivity index (χ0v) is 19.8. The van der Waals surface area contributed by atoms with Crippen LogP contribution < -0.4 is 15.5 Å². The summed E-state index contributed by atoms with van der Waals surface area (Å²) in [5, 5.41) is 33.9. The molecular weight excluding hydrogens is 483 g/mol. The molecule has 0 atom stereocenters. The van der Waals surface area contributed by atoms with E-state index in [1.807, 2.05) is 0 Å². The molecule has 1 aromatic carbocycles. The van der Waals surface area contributed by atoms with Crippen molar-refractivity contribution in [1.82, 2.24) is 15.0 Å². The summed E-state index contributed by atoms with van der Waals surface area (Å²) in [5.74, 6) is 0.696. The van der Waals surface area contributed by atoms with E-state index in [0.717, 1.165) is 0 Å². The number of aromatic nitrogens is 3. The summed E-state index contributed by atoms with van der Waals surface area (Å²) in [6, 6.07) is 7.89. The molecule has 2 heterocycles. The topological polar surface area (TPSA) is 144 Å². The van der Waals surface area contributed by atoms with E-state index in [4.69, 9.17) is 23.2 Å². The van der Waals surface area contributed by atoms with Crippen LogP contribution in [0.2, 0.25) is 10.0 Å². The number of hydrogen-bond donors (Lipinski definition) is 5. The summed E-state index contributed by atoms with van der Waals surface area (Å²) < 4.78 is 0. The van der Waals surface area contributed by atoms with Gasteiger partial charge in [0.25, 0.3) is 5.91 Å². The van der Waals surface area contributed by atoms with Gasteiger partial charge in [-0.1, -0.05) is 23.2 Å². The number of carbonyl (C=O) groups excluding carboxylic acids is 1. The molecule has 0 aliphatic rings. The average molecular weight is 507 g/mol. The molecule has 0 unspecified atom stereocenters. The zero-order chi connectivity index (χ0) is 24.7. The molecule has 0 saturated carbocycles. The average Bonchev–Trinajstić information content (AvgIpc) is 2.78. The van der Waals surface area contributed by atoms with E-state index < -0.39 is 5.91 Å². The van der Waals surface area contributed by atoms with Crippen LogP contribution in [0.5, 0.6) is 0 Å². The van der Waals surface area contributed by atoms with Crippen molar-refractivity contribution in [3.05, 3.63) is 63.4 Å². The largest absolute Gasteiger partial charge is 0.395 e. The second-order valence-electron chi connectivity index (χ2n) is 7.23. The third-order valence-electron chi connectivity index (χ3n) is 4.65. The lowest BCUT2D eigenvalue weighted by Gasteiger charge is -2.21. The Kier molecular flexibility index (Phi) is 8.97. The minimum Gasteiger partial charge on any atom is -0.395 e. The minimum atomic E-state index is -0.513. The Balaban J connectivity index is 1.80. The molecule has 3 rings (SSSR count). The number of aliphatic hydroxyl groups is 3. The van der Waals surface area contributed by atoms with Crippen LogP contribution in [0.3, 0.4) is 0 Å². The van der Waals surface area contributed by atoms with Gasteiger partial charge in [0.05, 0.1) is 35.4 Å². The van der Waals surface area contributed by atoms with Crippen LogP contribution in [0.25, 0.3) is 0 Å². The molecule has 2 aromatic heterocycles. The van der Waals surface area contributed by atoms with Gasteiger partial charge in [-0.15, -0.1) is 0 Å². The molecule has 3 aromatic rings. The van der Waals surface area contributed by atoms with Crippen LogP contribution in [-0.4, -0.2) is 62.5 Å². The number of hydrogen-bond acceptors (Lipinski definition) is 9. The van der Waals surface area contributed by atoms with Crippen molar-refractivity contribution < 1.29 is 20.1 Å². The van der Waals surface area contributed by atoms with Crippen LogP contribution in [0, 0.1) is 6.92 Å². The lowest BCUT2D eigenvalue weighted by Crippen LogP contribution is -2.31. The van der Waals surface area contributed by atoms with E-state index in [1.165, 1.54) is 18.3 Å². The van der Waals surface area contributed by atoms with Crippen molar-refractivity contribution in [2.75, 3.05) is 41.8 Å². The molecule has 34 heavy (non-hydrogen) atoms. The Morgan fingerprint density at radius 1 is 1.00 bits per heavy atom. The van der Waals surface area contributed by atoms with Gasteiger partial charge in [-0.2, -0.15) is 4.98 Å². The van der Waals surface area contributed by atoms with Crippen molar-refractivity contribution in [3.8, 4) is 0 Å². The molecule has 0 saturated heterocycles. The standard InChI is InChI=1S/C22H24Cl2N6O4/c1-13-8-19(29-22(26-13)30(4-6-31)5-7-32)28-18-11-15(2-3-25-18)27-21(34)20-16(23)9-14(12-33)10-17(20)24/h2-3,8-11,31-33H,4-7,12H2,1H3,(H2,25,26,27,28,29,34). The van der Waals surface area contributed by atoms with E-state index in [1.54, 1.807) is 30.0 Å². The first-order valence-electron chi connectivity index (χ1n) is 10.3. The summed E-state index contributed by atoms with van der Waals surface area (Å²) in [6.07, 6.45) is 1.51. The molecule has 0 bridgehead atoms. The van der Waals surface area contributed by atoms with Gasteiger partial charge in [-0.25, -0.2) is 9.97 Å².